The van der Waals surface area contributed by atoms with E-state index < -0.39 is 0 Å². The van der Waals surface area contributed by atoms with E-state index >= 15 is 0 Å². The molecule has 1 aromatic carbocycles. The maximum Gasteiger partial charge on any atom is 0.123 e. The van der Waals surface area contributed by atoms with Crippen molar-refractivity contribution in [1.29, 1.82) is 0 Å². The summed E-state index contributed by atoms with van der Waals surface area (Å²) in [6.07, 6.45) is 6.98. The van der Waals surface area contributed by atoms with Crippen molar-refractivity contribution >= 4 is 0 Å². The average molecular weight is 265 g/mol. The SMILES string of the molecule is CC=CCCNC(CCOC)Cc1cccc(F)c1. The Kier molecular flexibility index (Phi) is 8.10. The van der Waals surface area contributed by atoms with Crippen LogP contribution in [0, 0.1) is 5.82 Å². The molecule has 0 fully saturated rings. The van der Waals surface area contributed by atoms with Crippen LogP contribution in [-0.2, 0) is 11.2 Å². The van der Waals surface area contributed by atoms with Crippen molar-refractivity contribution in [3.05, 3.63) is 47.8 Å². The summed E-state index contributed by atoms with van der Waals surface area (Å²) in [5.41, 5.74) is 1.03. The lowest BCUT2D eigenvalue weighted by Crippen LogP contribution is -2.33. The summed E-state index contributed by atoms with van der Waals surface area (Å²) in [6.45, 7) is 3.68. The van der Waals surface area contributed by atoms with Crippen molar-refractivity contribution in [2.75, 3.05) is 20.3 Å². The third-order valence-corrected chi connectivity index (χ3v) is 3.02. The standard InChI is InChI=1S/C16H24FNO/c1-3-4-5-10-18-16(9-11-19-2)13-14-7-6-8-15(17)12-14/h3-4,6-8,12,16,18H,5,9-11,13H2,1-2H3. The zero-order valence-corrected chi connectivity index (χ0v) is 11.9. The number of ether oxygens (including phenoxy) is 1. The first-order chi connectivity index (χ1) is 9.26. The van der Waals surface area contributed by atoms with Gasteiger partial charge in [0.25, 0.3) is 0 Å². The number of halogens is 1. The lowest BCUT2D eigenvalue weighted by atomic mass is 10.0. The number of nitrogens with one attached hydrogen (secondary N) is 1. The van der Waals surface area contributed by atoms with Gasteiger partial charge >= 0.3 is 0 Å². The van der Waals surface area contributed by atoms with Gasteiger partial charge in [0.15, 0.2) is 0 Å². The van der Waals surface area contributed by atoms with Gasteiger partial charge in [-0.1, -0.05) is 24.3 Å². The van der Waals surface area contributed by atoms with Gasteiger partial charge in [0, 0.05) is 19.8 Å². The monoisotopic (exact) mass is 265 g/mol. The molecule has 1 N–H and O–H groups in total. The number of allylic oxidation sites excluding steroid dienone is 1. The minimum atomic E-state index is -0.170. The zero-order valence-electron chi connectivity index (χ0n) is 11.9. The molecule has 0 bridgehead atoms. The first-order valence-electron chi connectivity index (χ1n) is 6.84. The quantitative estimate of drug-likeness (QED) is 0.546. The fourth-order valence-electron chi connectivity index (χ4n) is 2.02. The Labute approximate surface area is 115 Å². The summed E-state index contributed by atoms with van der Waals surface area (Å²) < 4.78 is 18.3. The summed E-state index contributed by atoms with van der Waals surface area (Å²) in [6, 6.07) is 7.14. The number of methoxy groups -OCH3 is 1. The predicted octanol–water partition coefficient (Wildman–Crippen LogP) is 3.33. The molecular weight excluding hydrogens is 241 g/mol. The van der Waals surface area contributed by atoms with Crippen LogP contribution in [0.2, 0.25) is 0 Å². The number of hydrogen-bond donors (Lipinski definition) is 1. The van der Waals surface area contributed by atoms with E-state index in [0.717, 1.165) is 38.0 Å². The lowest BCUT2D eigenvalue weighted by molar-refractivity contribution is 0.182. The fraction of sp³-hybridized carbons (Fsp3) is 0.500. The molecule has 0 amide bonds. The molecule has 0 spiro atoms. The number of benzene rings is 1. The summed E-state index contributed by atoms with van der Waals surface area (Å²) in [4.78, 5) is 0. The van der Waals surface area contributed by atoms with Crippen molar-refractivity contribution in [3.63, 3.8) is 0 Å². The zero-order chi connectivity index (χ0) is 13.9. The van der Waals surface area contributed by atoms with Gasteiger partial charge in [0.2, 0.25) is 0 Å². The third-order valence-electron chi connectivity index (χ3n) is 3.02. The van der Waals surface area contributed by atoms with Gasteiger partial charge in [-0.3, -0.25) is 0 Å². The smallest absolute Gasteiger partial charge is 0.123 e. The second kappa shape index (κ2) is 9.70. The highest BCUT2D eigenvalue weighted by molar-refractivity contribution is 5.17. The van der Waals surface area contributed by atoms with Crippen LogP contribution in [0.25, 0.3) is 0 Å². The molecule has 1 unspecified atom stereocenters. The maximum absolute atomic E-state index is 13.2. The molecule has 0 aromatic heterocycles. The Morgan fingerprint density at radius 3 is 2.95 bits per heavy atom. The highest BCUT2D eigenvalue weighted by Crippen LogP contribution is 2.08. The van der Waals surface area contributed by atoms with E-state index in [2.05, 4.69) is 17.5 Å². The van der Waals surface area contributed by atoms with Crippen molar-refractivity contribution in [3.8, 4) is 0 Å². The minimum absolute atomic E-state index is 0.170. The van der Waals surface area contributed by atoms with Gasteiger partial charge < -0.3 is 10.1 Å². The third kappa shape index (κ3) is 7.09. The van der Waals surface area contributed by atoms with E-state index in [-0.39, 0.29) is 5.82 Å². The van der Waals surface area contributed by atoms with Gasteiger partial charge in [-0.15, -0.1) is 0 Å². The van der Waals surface area contributed by atoms with Crippen molar-refractivity contribution in [2.45, 2.75) is 32.2 Å². The molecule has 0 saturated carbocycles. The molecule has 106 valence electrons. The van der Waals surface area contributed by atoms with E-state index in [9.17, 15) is 4.39 Å². The number of hydrogen-bond acceptors (Lipinski definition) is 2. The topological polar surface area (TPSA) is 21.3 Å². The van der Waals surface area contributed by atoms with Crippen molar-refractivity contribution < 1.29 is 9.13 Å². The van der Waals surface area contributed by atoms with Crippen LogP contribution >= 0.6 is 0 Å². The Balaban J connectivity index is 2.48. The molecule has 19 heavy (non-hydrogen) atoms. The molecule has 2 nitrogen and oxygen atoms in total. The van der Waals surface area contributed by atoms with Gasteiger partial charge in [-0.2, -0.15) is 0 Å². The van der Waals surface area contributed by atoms with E-state index in [4.69, 9.17) is 4.74 Å². The van der Waals surface area contributed by atoms with Crippen LogP contribution in [0.4, 0.5) is 4.39 Å². The summed E-state index contributed by atoms with van der Waals surface area (Å²) in [5.74, 6) is -0.170. The molecule has 1 atom stereocenters. The fourth-order valence-corrected chi connectivity index (χ4v) is 2.02. The molecule has 1 aromatic rings. The van der Waals surface area contributed by atoms with Crippen LogP contribution in [-0.4, -0.2) is 26.3 Å². The summed E-state index contributed by atoms with van der Waals surface area (Å²) >= 11 is 0. The lowest BCUT2D eigenvalue weighted by Gasteiger charge is -2.18. The van der Waals surface area contributed by atoms with Crippen LogP contribution in [0.1, 0.15) is 25.3 Å². The first-order valence-corrected chi connectivity index (χ1v) is 6.84. The highest BCUT2D eigenvalue weighted by atomic mass is 19.1. The second-order valence-corrected chi connectivity index (χ2v) is 4.62. The Morgan fingerprint density at radius 1 is 1.42 bits per heavy atom. The van der Waals surface area contributed by atoms with Crippen molar-refractivity contribution in [1.82, 2.24) is 5.32 Å². The van der Waals surface area contributed by atoms with E-state index in [1.165, 1.54) is 6.07 Å². The molecule has 1 rings (SSSR count). The normalized spacial score (nSPS) is 13.0. The van der Waals surface area contributed by atoms with Gasteiger partial charge in [0.1, 0.15) is 5.82 Å². The maximum atomic E-state index is 13.2. The Morgan fingerprint density at radius 2 is 2.26 bits per heavy atom. The van der Waals surface area contributed by atoms with Gasteiger partial charge in [-0.25, -0.2) is 4.39 Å². The average Bonchev–Trinajstić information content (AvgIpc) is 2.40. The Hall–Kier alpha value is -1.19. The van der Waals surface area contributed by atoms with Crippen LogP contribution < -0.4 is 5.32 Å². The predicted molar refractivity (Wildman–Crippen MR) is 77.8 cm³/mol. The molecule has 0 aliphatic carbocycles. The largest absolute Gasteiger partial charge is 0.385 e. The summed E-state index contributed by atoms with van der Waals surface area (Å²) in [5, 5.41) is 3.50. The van der Waals surface area contributed by atoms with Crippen LogP contribution in [0.3, 0.4) is 0 Å². The van der Waals surface area contributed by atoms with Crippen LogP contribution in [0.15, 0.2) is 36.4 Å². The van der Waals surface area contributed by atoms with E-state index in [1.807, 2.05) is 13.0 Å². The number of rotatable bonds is 9. The molecule has 0 aliphatic rings. The van der Waals surface area contributed by atoms with E-state index in [0.29, 0.717) is 6.04 Å². The first kappa shape index (κ1) is 15.9. The van der Waals surface area contributed by atoms with Gasteiger partial charge in [-0.05, 0) is 50.4 Å². The summed E-state index contributed by atoms with van der Waals surface area (Å²) in [7, 11) is 1.71. The minimum Gasteiger partial charge on any atom is -0.385 e. The molecule has 0 saturated heterocycles. The van der Waals surface area contributed by atoms with Gasteiger partial charge in [0.05, 0.1) is 0 Å². The van der Waals surface area contributed by atoms with Crippen molar-refractivity contribution in [2.24, 2.45) is 0 Å². The highest BCUT2D eigenvalue weighted by Gasteiger charge is 2.09. The molecule has 0 radical (unpaired) electrons. The molecule has 0 heterocycles. The molecule has 3 heteroatoms. The van der Waals surface area contributed by atoms with Crippen LogP contribution in [0.5, 0.6) is 0 Å². The van der Waals surface area contributed by atoms with E-state index in [1.54, 1.807) is 19.2 Å². The second-order valence-electron chi connectivity index (χ2n) is 4.62. The molecular formula is C16H24FNO. The molecule has 0 aliphatic heterocycles. The Bertz CT molecular complexity index is 379.